The van der Waals surface area contributed by atoms with E-state index in [1.807, 2.05) is 30.5 Å². The first-order valence-corrected chi connectivity index (χ1v) is 10.8. The molecule has 2 aromatic carbocycles. The van der Waals surface area contributed by atoms with Gasteiger partial charge in [0.1, 0.15) is 5.82 Å². The minimum absolute atomic E-state index is 0.220. The fourth-order valence-corrected chi connectivity index (χ4v) is 4.03. The quantitative estimate of drug-likeness (QED) is 0.341. The highest BCUT2D eigenvalue weighted by atomic mass is 32.2. The van der Waals surface area contributed by atoms with Crippen molar-refractivity contribution in [2.75, 3.05) is 20.3 Å². The SMILES string of the molecule is CCc1ncc(-c2ccc(Sc3ccc(C(O)CC(CO)(CO)NC)cc3)cc2)[nH]1. The number of aromatic nitrogens is 2. The lowest BCUT2D eigenvalue weighted by Crippen LogP contribution is -2.50. The van der Waals surface area contributed by atoms with E-state index >= 15 is 0 Å². The van der Waals surface area contributed by atoms with Crippen LogP contribution in [0.1, 0.15) is 30.8 Å². The fraction of sp³-hybridized carbons (Fsp3) is 0.348. The Morgan fingerprint density at radius 2 is 1.63 bits per heavy atom. The average molecular weight is 428 g/mol. The van der Waals surface area contributed by atoms with Gasteiger partial charge in [0.15, 0.2) is 0 Å². The van der Waals surface area contributed by atoms with Crippen LogP contribution in [0.2, 0.25) is 0 Å². The van der Waals surface area contributed by atoms with Gasteiger partial charge in [-0.1, -0.05) is 43.0 Å². The Kier molecular flexibility index (Phi) is 7.69. The topological polar surface area (TPSA) is 101 Å². The van der Waals surface area contributed by atoms with Crippen molar-refractivity contribution in [3.8, 4) is 11.3 Å². The van der Waals surface area contributed by atoms with E-state index in [0.29, 0.717) is 0 Å². The number of rotatable bonds is 10. The largest absolute Gasteiger partial charge is 0.394 e. The van der Waals surface area contributed by atoms with E-state index in [9.17, 15) is 15.3 Å². The monoisotopic (exact) mass is 427 g/mol. The number of nitrogens with one attached hydrogen (secondary N) is 2. The Morgan fingerprint density at radius 1 is 1.03 bits per heavy atom. The van der Waals surface area contributed by atoms with Crippen molar-refractivity contribution in [3.63, 3.8) is 0 Å². The molecule has 0 amide bonds. The highest BCUT2D eigenvalue weighted by Crippen LogP contribution is 2.31. The number of hydrogen-bond acceptors (Lipinski definition) is 6. The number of nitrogens with zero attached hydrogens (tertiary/aromatic N) is 1. The van der Waals surface area contributed by atoms with Crippen molar-refractivity contribution in [1.29, 1.82) is 0 Å². The number of aromatic amines is 1. The molecule has 0 bridgehead atoms. The number of H-pyrrole nitrogens is 1. The molecule has 0 radical (unpaired) electrons. The molecule has 0 fully saturated rings. The summed E-state index contributed by atoms with van der Waals surface area (Å²) in [6, 6.07) is 16.0. The molecule has 1 atom stereocenters. The van der Waals surface area contributed by atoms with Gasteiger partial charge in [-0.05, 0) is 42.4 Å². The highest BCUT2D eigenvalue weighted by Gasteiger charge is 2.30. The molecule has 7 heteroatoms. The molecule has 0 aliphatic heterocycles. The summed E-state index contributed by atoms with van der Waals surface area (Å²) in [6.07, 6.45) is 2.19. The van der Waals surface area contributed by atoms with Gasteiger partial charge in [-0.25, -0.2) is 4.98 Å². The van der Waals surface area contributed by atoms with Crippen molar-refractivity contribution in [2.45, 2.75) is 41.2 Å². The zero-order valence-electron chi connectivity index (χ0n) is 17.3. The van der Waals surface area contributed by atoms with Crippen LogP contribution in [-0.4, -0.2) is 51.1 Å². The van der Waals surface area contributed by atoms with Gasteiger partial charge in [-0.2, -0.15) is 0 Å². The molecule has 1 aromatic heterocycles. The number of benzene rings is 2. The molecule has 0 saturated heterocycles. The van der Waals surface area contributed by atoms with Crippen LogP contribution < -0.4 is 5.32 Å². The van der Waals surface area contributed by atoms with Crippen LogP contribution in [-0.2, 0) is 6.42 Å². The van der Waals surface area contributed by atoms with Crippen LogP contribution in [0.25, 0.3) is 11.3 Å². The normalized spacial score (nSPS) is 12.8. The van der Waals surface area contributed by atoms with Crippen LogP contribution in [0, 0.1) is 0 Å². The van der Waals surface area contributed by atoms with Gasteiger partial charge in [-0.15, -0.1) is 0 Å². The number of likely N-dealkylation sites (N-methyl/N-ethyl adjacent to an activating group) is 1. The molecule has 160 valence electrons. The maximum Gasteiger partial charge on any atom is 0.106 e. The van der Waals surface area contributed by atoms with Crippen molar-refractivity contribution < 1.29 is 15.3 Å². The van der Waals surface area contributed by atoms with Crippen molar-refractivity contribution in [3.05, 3.63) is 66.1 Å². The minimum Gasteiger partial charge on any atom is -0.394 e. The number of aryl methyl sites for hydroxylation is 1. The van der Waals surface area contributed by atoms with Crippen LogP contribution in [0.4, 0.5) is 0 Å². The van der Waals surface area contributed by atoms with E-state index in [2.05, 4.69) is 46.5 Å². The first kappa shape index (κ1) is 22.5. The number of hydrogen-bond donors (Lipinski definition) is 5. The molecule has 0 spiro atoms. The van der Waals surface area contributed by atoms with E-state index < -0.39 is 11.6 Å². The Morgan fingerprint density at radius 3 is 2.13 bits per heavy atom. The minimum atomic E-state index is -0.902. The third-order valence-electron chi connectivity index (χ3n) is 5.35. The van der Waals surface area contributed by atoms with Gasteiger partial charge in [-0.3, -0.25) is 0 Å². The predicted molar refractivity (Wildman–Crippen MR) is 120 cm³/mol. The lowest BCUT2D eigenvalue weighted by Gasteiger charge is -2.31. The first-order chi connectivity index (χ1) is 14.5. The van der Waals surface area contributed by atoms with Gasteiger partial charge in [0.2, 0.25) is 0 Å². The Labute approximate surface area is 181 Å². The predicted octanol–water partition coefficient (Wildman–Crippen LogP) is 3.16. The summed E-state index contributed by atoms with van der Waals surface area (Å²) in [5, 5.41) is 32.5. The molecular weight excluding hydrogens is 398 g/mol. The van der Waals surface area contributed by atoms with E-state index in [-0.39, 0.29) is 19.6 Å². The first-order valence-electron chi connectivity index (χ1n) is 10.0. The summed E-state index contributed by atoms with van der Waals surface area (Å²) >= 11 is 1.65. The summed E-state index contributed by atoms with van der Waals surface area (Å²) < 4.78 is 0. The molecule has 3 aromatic rings. The Balaban J connectivity index is 1.64. The van der Waals surface area contributed by atoms with E-state index in [1.54, 1.807) is 18.8 Å². The molecule has 0 aliphatic rings. The second-order valence-corrected chi connectivity index (χ2v) is 8.51. The lowest BCUT2D eigenvalue weighted by molar-refractivity contribution is 0.0435. The van der Waals surface area contributed by atoms with Crippen LogP contribution in [0.5, 0.6) is 0 Å². The van der Waals surface area contributed by atoms with Crippen LogP contribution >= 0.6 is 11.8 Å². The highest BCUT2D eigenvalue weighted by molar-refractivity contribution is 7.99. The maximum absolute atomic E-state index is 10.5. The van der Waals surface area contributed by atoms with Gasteiger partial charge in [0, 0.05) is 22.6 Å². The summed E-state index contributed by atoms with van der Waals surface area (Å²) in [7, 11) is 1.67. The molecule has 6 nitrogen and oxygen atoms in total. The zero-order valence-corrected chi connectivity index (χ0v) is 18.1. The van der Waals surface area contributed by atoms with Gasteiger partial charge in [0.05, 0.1) is 36.7 Å². The number of aliphatic hydroxyl groups is 3. The van der Waals surface area contributed by atoms with E-state index in [1.165, 1.54) is 0 Å². The summed E-state index contributed by atoms with van der Waals surface area (Å²) in [5.41, 5.74) is 1.97. The summed E-state index contributed by atoms with van der Waals surface area (Å²) in [6.45, 7) is 1.57. The average Bonchev–Trinajstić information content (AvgIpc) is 3.28. The third-order valence-corrected chi connectivity index (χ3v) is 6.36. The van der Waals surface area contributed by atoms with E-state index in [0.717, 1.165) is 38.9 Å². The second kappa shape index (κ2) is 10.2. The maximum atomic E-state index is 10.5. The summed E-state index contributed by atoms with van der Waals surface area (Å²) in [5.74, 6) is 0.982. The molecule has 5 N–H and O–H groups in total. The van der Waals surface area contributed by atoms with Crippen molar-refractivity contribution >= 4 is 11.8 Å². The van der Waals surface area contributed by atoms with Gasteiger partial charge in [0.25, 0.3) is 0 Å². The molecule has 0 saturated carbocycles. The smallest absolute Gasteiger partial charge is 0.106 e. The molecule has 3 rings (SSSR count). The summed E-state index contributed by atoms with van der Waals surface area (Å²) in [4.78, 5) is 9.86. The van der Waals surface area contributed by atoms with Crippen molar-refractivity contribution in [2.24, 2.45) is 0 Å². The molecule has 1 unspecified atom stereocenters. The van der Waals surface area contributed by atoms with Crippen LogP contribution in [0.15, 0.2) is 64.5 Å². The van der Waals surface area contributed by atoms with Crippen molar-refractivity contribution in [1.82, 2.24) is 15.3 Å². The van der Waals surface area contributed by atoms with Gasteiger partial charge < -0.3 is 25.6 Å². The van der Waals surface area contributed by atoms with E-state index in [4.69, 9.17) is 0 Å². The lowest BCUT2D eigenvalue weighted by atomic mass is 9.91. The molecular formula is C23H29N3O3S. The standard InChI is InChI=1S/C23H29N3O3S/c1-3-22-25-13-20(26-22)16-4-8-18(9-5-16)30-19-10-6-17(7-11-19)21(29)12-23(14-27,15-28)24-2/h4-11,13,21,24,27-29H,3,12,14-15H2,1-2H3,(H,25,26). The van der Waals surface area contributed by atoms with Gasteiger partial charge >= 0.3 is 0 Å². The number of imidazole rings is 1. The number of aliphatic hydroxyl groups excluding tert-OH is 3. The second-order valence-electron chi connectivity index (χ2n) is 7.36. The molecule has 30 heavy (non-hydrogen) atoms. The molecule has 0 aliphatic carbocycles. The Hall–Kier alpha value is -2.16. The zero-order chi connectivity index (χ0) is 21.6. The molecule has 1 heterocycles. The van der Waals surface area contributed by atoms with Crippen LogP contribution in [0.3, 0.4) is 0 Å². The Bertz CT molecular complexity index is 913. The third kappa shape index (κ3) is 5.30. The fourth-order valence-electron chi connectivity index (χ4n) is 3.21.